The molecule has 0 radical (unpaired) electrons. The molecule has 1 N–H and O–H groups in total. The summed E-state index contributed by atoms with van der Waals surface area (Å²) in [6, 6.07) is 4.66. The van der Waals surface area contributed by atoms with Gasteiger partial charge in [-0.15, -0.1) is 11.3 Å². The molecule has 1 aromatic carbocycles. The molecule has 0 fully saturated rings. The van der Waals surface area contributed by atoms with Crippen LogP contribution in [0.4, 0.5) is 11.4 Å². The van der Waals surface area contributed by atoms with Gasteiger partial charge in [-0.2, -0.15) is 0 Å². The zero-order valence-corrected chi connectivity index (χ0v) is 19.8. The Bertz CT molecular complexity index is 1280. The number of rotatable bonds is 6. The van der Waals surface area contributed by atoms with Crippen LogP contribution in [0.25, 0.3) is 10.2 Å². The summed E-state index contributed by atoms with van der Waals surface area (Å²) in [6.45, 7) is 6.32. The summed E-state index contributed by atoms with van der Waals surface area (Å²) in [5.41, 5.74) is 1.83. The molecule has 0 saturated carbocycles. The molecule has 1 amide bonds. The topological polar surface area (TPSA) is 107 Å². The number of carbonyl (C=O) groups is 1. The van der Waals surface area contributed by atoms with Gasteiger partial charge in [0.2, 0.25) is 5.91 Å². The van der Waals surface area contributed by atoms with Crippen molar-refractivity contribution >= 4 is 50.6 Å². The second kappa shape index (κ2) is 9.03. The van der Waals surface area contributed by atoms with Crippen LogP contribution in [0.3, 0.4) is 0 Å². The average molecular weight is 473 g/mol. The lowest BCUT2D eigenvalue weighted by atomic mass is 9.89. The number of nitrogens with zero attached hydrogens (tertiary/aromatic N) is 3. The Balaban J connectivity index is 1.58. The molecular weight excluding hydrogens is 448 g/mol. The molecule has 1 atom stereocenters. The molecule has 0 bridgehead atoms. The van der Waals surface area contributed by atoms with E-state index in [-0.39, 0.29) is 22.7 Å². The Morgan fingerprint density at radius 3 is 2.94 bits per heavy atom. The predicted octanol–water partition coefficient (Wildman–Crippen LogP) is 4.55. The van der Waals surface area contributed by atoms with Crippen LogP contribution in [0.2, 0.25) is 0 Å². The fourth-order valence-corrected chi connectivity index (χ4v) is 6.30. The molecule has 8 nitrogen and oxygen atoms in total. The molecule has 3 aromatic rings. The average Bonchev–Trinajstić information content (AvgIpc) is 3.10. The summed E-state index contributed by atoms with van der Waals surface area (Å²) >= 11 is 2.75. The number of thioether (sulfide) groups is 1. The zero-order chi connectivity index (χ0) is 23.0. The van der Waals surface area contributed by atoms with Gasteiger partial charge in [-0.1, -0.05) is 24.8 Å². The highest BCUT2D eigenvalue weighted by Gasteiger charge is 2.25. The van der Waals surface area contributed by atoms with Gasteiger partial charge in [0.05, 0.1) is 16.1 Å². The smallest absolute Gasteiger partial charge is 0.293 e. The maximum absolute atomic E-state index is 13.2. The third-order valence-corrected chi connectivity index (χ3v) is 7.78. The van der Waals surface area contributed by atoms with E-state index in [9.17, 15) is 19.7 Å². The molecule has 1 unspecified atom stereocenters. The number of fused-ring (bicyclic) bond motifs is 3. The van der Waals surface area contributed by atoms with Gasteiger partial charge in [0.25, 0.3) is 11.2 Å². The fourth-order valence-electron chi connectivity index (χ4n) is 4.01. The van der Waals surface area contributed by atoms with E-state index in [1.165, 1.54) is 28.8 Å². The lowest BCUT2D eigenvalue weighted by molar-refractivity contribution is -0.384. The number of benzene rings is 1. The van der Waals surface area contributed by atoms with Gasteiger partial charge in [0, 0.05) is 17.5 Å². The number of nitro benzene ring substituents is 1. The standard InChI is InChI=1S/C22H24N4O4S2/c1-4-25-21(28)19-14-7-5-13(3)10-17(14)32-20(19)24-22(25)31-11-18(27)23-15-8-6-12(2)9-16(15)26(29)30/h6,8-9,13H,4-5,7,10-11H2,1-3H3,(H,23,27). The summed E-state index contributed by atoms with van der Waals surface area (Å²) in [7, 11) is 0. The Kier molecular flexibility index (Phi) is 6.34. The van der Waals surface area contributed by atoms with Crippen molar-refractivity contribution in [2.75, 3.05) is 11.1 Å². The van der Waals surface area contributed by atoms with Crippen LogP contribution in [0.1, 0.15) is 36.3 Å². The quantitative estimate of drug-likeness (QED) is 0.244. The van der Waals surface area contributed by atoms with Crippen LogP contribution in [0.15, 0.2) is 28.2 Å². The van der Waals surface area contributed by atoms with Gasteiger partial charge in [0.1, 0.15) is 10.5 Å². The summed E-state index contributed by atoms with van der Waals surface area (Å²) < 4.78 is 1.61. The second-order valence-corrected chi connectivity index (χ2v) is 10.1. The summed E-state index contributed by atoms with van der Waals surface area (Å²) in [4.78, 5) is 43.2. The van der Waals surface area contributed by atoms with Crippen molar-refractivity contribution in [3.05, 3.63) is 54.7 Å². The highest BCUT2D eigenvalue weighted by Crippen LogP contribution is 2.36. The number of anilines is 1. The number of nitro groups is 1. The molecule has 0 spiro atoms. The minimum Gasteiger partial charge on any atom is -0.320 e. The van der Waals surface area contributed by atoms with E-state index in [1.807, 2.05) is 6.92 Å². The minimum atomic E-state index is -0.514. The van der Waals surface area contributed by atoms with Crippen LogP contribution in [0.5, 0.6) is 0 Å². The molecule has 32 heavy (non-hydrogen) atoms. The van der Waals surface area contributed by atoms with Gasteiger partial charge in [-0.3, -0.25) is 24.3 Å². The van der Waals surface area contributed by atoms with Crippen molar-refractivity contribution in [3.63, 3.8) is 0 Å². The minimum absolute atomic E-state index is 0.00883. The first kappa shape index (κ1) is 22.5. The Labute approximate surface area is 193 Å². The number of carbonyl (C=O) groups excluding carboxylic acids is 1. The fraction of sp³-hybridized carbons (Fsp3) is 0.409. The second-order valence-electron chi connectivity index (χ2n) is 8.09. The van der Waals surface area contributed by atoms with Crippen LogP contribution in [-0.2, 0) is 24.2 Å². The molecule has 0 aliphatic heterocycles. The summed E-state index contributed by atoms with van der Waals surface area (Å²) in [5.74, 6) is 0.205. The van der Waals surface area contributed by atoms with E-state index in [4.69, 9.17) is 4.98 Å². The SMILES string of the molecule is CCn1c(SCC(=O)Nc2ccc(C)cc2[N+](=O)[O-])nc2sc3c(c2c1=O)CCC(C)C3. The number of nitrogens with one attached hydrogen (secondary N) is 1. The van der Waals surface area contributed by atoms with Crippen molar-refractivity contribution in [2.24, 2.45) is 5.92 Å². The Morgan fingerprint density at radius 1 is 1.44 bits per heavy atom. The van der Waals surface area contributed by atoms with Crippen LogP contribution >= 0.6 is 23.1 Å². The first-order chi connectivity index (χ1) is 15.3. The molecule has 2 aromatic heterocycles. The van der Waals surface area contributed by atoms with Crippen molar-refractivity contribution in [2.45, 2.75) is 51.7 Å². The first-order valence-corrected chi connectivity index (χ1v) is 12.3. The van der Waals surface area contributed by atoms with Gasteiger partial charge in [0.15, 0.2) is 5.16 Å². The van der Waals surface area contributed by atoms with Gasteiger partial charge >= 0.3 is 0 Å². The lowest BCUT2D eigenvalue weighted by Gasteiger charge is -2.17. The van der Waals surface area contributed by atoms with E-state index in [0.717, 1.165) is 40.6 Å². The van der Waals surface area contributed by atoms with E-state index in [2.05, 4.69) is 12.2 Å². The largest absolute Gasteiger partial charge is 0.320 e. The van der Waals surface area contributed by atoms with Crippen molar-refractivity contribution in [1.82, 2.24) is 9.55 Å². The molecule has 2 heterocycles. The Morgan fingerprint density at radius 2 is 2.22 bits per heavy atom. The molecule has 4 rings (SSSR count). The maximum atomic E-state index is 13.2. The highest BCUT2D eigenvalue weighted by atomic mass is 32.2. The molecule has 0 saturated heterocycles. The van der Waals surface area contributed by atoms with Crippen molar-refractivity contribution in [3.8, 4) is 0 Å². The Hall–Kier alpha value is -2.72. The van der Waals surface area contributed by atoms with Crippen LogP contribution < -0.4 is 10.9 Å². The van der Waals surface area contributed by atoms with Crippen molar-refractivity contribution in [1.29, 1.82) is 0 Å². The van der Waals surface area contributed by atoms with Crippen LogP contribution in [-0.4, -0.2) is 26.1 Å². The third-order valence-electron chi connectivity index (χ3n) is 5.65. The lowest BCUT2D eigenvalue weighted by Crippen LogP contribution is -2.24. The molecule has 1 aliphatic carbocycles. The molecule has 10 heteroatoms. The first-order valence-electron chi connectivity index (χ1n) is 10.5. The molecular formula is C22H24N4O4S2. The van der Waals surface area contributed by atoms with Gasteiger partial charge < -0.3 is 5.32 Å². The number of aryl methyl sites for hydroxylation is 2. The number of thiophene rings is 1. The summed E-state index contributed by atoms with van der Waals surface area (Å²) in [5, 5.41) is 15.1. The number of amides is 1. The zero-order valence-electron chi connectivity index (χ0n) is 18.1. The normalized spacial score (nSPS) is 15.5. The monoisotopic (exact) mass is 472 g/mol. The van der Waals surface area contributed by atoms with E-state index >= 15 is 0 Å². The summed E-state index contributed by atoms with van der Waals surface area (Å²) in [6.07, 6.45) is 2.95. The number of aromatic nitrogens is 2. The predicted molar refractivity (Wildman–Crippen MR) is 128 cm³/mol. The van der Waals surface area contributed by atoms with E-state index in [0.29, 0.717) is 17.6 Å². The van der Waals surface area contributed by atoms with Gasteiger partial charge in [-0.25, -0.2) is 4.98 Å². The third kappa shape index (κ3) is 4.29. The maximum Gasteiger partial charge on any atom is 0.293 e. The van der Waals surface area contributed by atoms with Gasteiger partial charge in [-0.05, 0) is 56.2 Å². The van der Waals surface area contributed by atoms with Crippen LogP contribution in [0, 0.1) is 23.0 Å². The highest BCUT2D eigenvalue weighted by molar-refractivity contribution is 7.99. The molecule has 1 aliphatic rings. The van der Waals surface area contributed by atoms with E-state index < -0.39 is 10.8 Å². The van der Waals surface area contributed by atoms with E-state index in [1.54, 1.807) is 28.9 Å². The number of hydrogen-bond donors (Lipinski definition) is 1. The number of hydrogen-bond acceptors (Lipinski definition) is 7. The molecule has 168 valence electrons. The van der Waals surface area contributed by atoms with Crippen molar-refractivity contribution < 1.29 is 9.72 Å².